The first-order valence-corrected chi connectivity index (χ1v) is 11.0. The number of thioether (sulfide) groups is 1. The summed E-state index contributed by atoms with van der Waals surface area (Å²) in [7, 11) is 3.67. The zero-order valence-electron chi connectivity index (χ0n) is 18.5. The van der Waals surface area contributed by atoms with Gasteiger partial charge < -0.3 is 19.5 Å². The zero-order valence-corrected chi connectivity index (χ0v) is 21.7. The summed E-state index contributed by atoms with van der Waals surface area (Å²) in [5, 5.41) is 12.0. The van der Waals surface area contributed by atoms with Gasteiger partial charge in [-0.1, -0.05) is 12.1 Å². The fraction of sp³-hybridized carbons (Fsp3) is 0.571. The second-order valence-electron chi connectivity index (χ2n) is 7.92. The molecule has 9 heteroatoms. The Balaban J connectivity index is 0.00000320. The number of ether oxygens (including phenoxy) is 1. The lowest BCUT2D eigenvalue weighted by Gasteiger charge is -2.39. The highest BCUT2D eigenvalue weighted by Crippen LogP contribution is 2.29. The second-order valence-corrected chi connectivity index (χ2v) is 9.72. The van der Waals surface area contributed by atoms with E-state index >= 15 is 0 Å². The highest BCUT2D eigenvalue weighted by Gasteiger charge is 2.28. The van der Waals surface area contributed by atoms with Gasteiger partial charge in [0.05, 0.1) is 7.11 Å². The minimum atomic E-state index is 0. The summed E-state index contributed by atoms with van der Waals surface area (Å²) in [5.41, 5.74) is 1.27. The number of hydrogen-bond acceptors (Lipinski definition) is 5. The molecule has 0 atom stereocenters. The minimum Gasteiger partial charge on any atom is -0.497 e. The third kappa shape index (κ3) is 6.76. The normalized spacial score (nSPS) is 16.2. The molecular formula is C21H33IN6OS. The predicted octanol–water partition coefficient (Wildman–Crippen LogP) is 3.27. The Morgan fingerprint density at radius 1 is 1.27 bits per heavy atom. The third-order valence-corrected chi connectivity index (χ3v) is 6.43. The number of guanidine groups is 1. The zero-order chi connectivity index (χ0) is 20.9. The number of rotatable bonds is 6. The van der Waals surface area contributed by atoms with E-state index in [0.29, 0.717) is 6.54 Å². The lowest BCUT2D eigenvalue weighted by molar-refractivity contribution is 0.375. The Bertz CT molecular complexity index is 837. The lowest BCUT2D eigenvalue weighted by atomic mass is 10.1. The number of aliphatic imine (C=N–C) groups is 1. The molecule has 30 heavy (non-hydrogen) atoms. The molecule has 0 saturated carbocycles. The molecule has 1 aliphatic rings. The summed E-state index contributed by atoms with van der Waals surface area (Å²) in [6.45, 7) is 9.87. The number of methoxy groups -OCH3 is 1. The molecule has 3 rings (SSSR count). The Kier molecular flexibility index (Phi) is 9.27. The van der Waals surface area contributed by atoms with Crippen LogP contribution < -0.4 is 10.1 Å². The first-order chi connectivity index (χ1) is 13.9. The quantitative estimate of drug-likeness (QED) is 0.342. The predicted molar refractivity (Wildman–Crippen MR) is 135 cm³/mol. The van der Waals surface area contributed by atoms with Crippen molar-refractivity contribution in [3.8, 4) is 5.75 Å². The number of aromatic nitrogens is 3. The van der Waals surface area contributed by atoms with E-state index in [9.17, 15) is 0 Å². The van der Waals surface area contributed by atoms with Crippen LogP contribution >= 0.6 is 35.7 Å². The van der Waals surface area contributed by atoms with E-state index in [1.807, 2.05) is 42.4 Å². The summed E-state index contributed by atoms with van der Waals surface area (Å²) in [4.78, 5) is 7.26. The summed E-state index contributed by atoms with van der Waals surface area (Å²) < 4.78 is 7.45. The molecule has 1 saturated heterocycles. The molecule has 0 unspecified atom stereocenters. The van der Waals surface area contributed by atoms with Gasteiger partial charge in [0.2, 0.25) is 0 Å². The smallest absolute Gasteiger partial charge is 0.194 e. The summed E-state index contributed by atoms with van der Waals surface area (Å²) >= 11 is 2.02. The average molecular weight is 545 g/mol. The van der Waals surface area contributed by atoms with Crippen LogP contribution in [0.4, 0.5) is 0 Å². The van der Waals surface area contributed by atoms with Gasteiger partial charge in [-0.2, -0.15) is 11.8 Å². The van der Waals surface area contributed by atoms with Crippen LogP contribution in [0, 0.1) is 6.92 Å². The molecule has 2 heterocycles. The van der Waals surface area contributed by atoms with Crippen LogP contribution in [0.15, 0.2) is 29.3 Å². The van der Waals surface area contributed by atoms with Gasteiger partial charge in [0, 0.05) is 37.2 Å². The van der Waals surface area contributed by atoms with Crippen LogP contribution in [0.3, 0.4) is 0 Å². The maximum Gasteiger partial charge on any atom is 0.194 e. The van der Waals surface area contributed by atoms with E-state index in [4.69, 9.17) is 9.73 Å². The van der Waals surface area contributed by atoms with E-state index < -0.39 is 0 Å². The van der Waals surface area contributed by atoms with Crippen molar-refractivity contribution in [3.63, 3.8) is 0 Å². The van der Waals surface area contributed by atoms with E-state index in [-0.39, 0.29) is 28.7 Å². The van der Waals surface area contributed by atoms with Gasteiger partial charge in [-0.25, -0.2) is 4.99 Å². The van der Waals surface area contributed by atoms with Gasteiger partial charge in [-0.05, 0) is 44.9 Å². The lowest BCUT2D eigenvalue weighted by Crippen LogP contribution is -2.51. The molecule has 1 aliphatic heterocycles. The highest BCUT2D eigenvalue weighted by molar-refractivity contribution is 14.0. The largest absolute Gasteiger partial charge is 0.497 e. The monoisotopic (exact) mass is 544 g/mol. The minimum absolute atomic E-state index is 0. The van der Waals surface area contributed by atoms with E-state index in [2.05, 4.69) is 46.4 Å². The fourth-order valence-electron chi connectivity index (χ4n) is 3.31. The Labute approximate surface area is 201 Å². The Morgan fingerprint density at radius 3 is 2.60 bits per heavy atom. The molecule has 0 amide bonds. The Hall–Kier alpha value is -1.49. The van der Waals surface area contributed by atoms with Gasteiger partial charge >= 0.3 is 0 Å². The third-order valence-electron chi connectivity index (χ3n) is 5.13. The molecule has 7 nitrogen and oxygen atoms in total. The molecule has 1 aromatic carbocycles. The topological polar surface area (TPSA) is 67.6 Å². The molecule has 0 spiro atoms. The summed E-state index contributed by atoms with van der Waals surface area (Å²) in [5.74, 6) is 4.72. The van der Waals surface area contributed by atoms with Gasteiger partial charge in [-0.3, -0.25) is 0 Å². The van der Waals surface area contributed by atoms with Gasteiger partial charge in [-0.15, -0.1) is 34.2 Å². The molecule has 2 aromatic rings. The van der Waals surface area contributed by atoms with Crippen molar-refractivity contribution < 1.29 is 4.74 Å². The standard InChI is InChI=1S/C21H32N6OS.HI/c1-16-24-25-19(26(16)4)14-23-20(27-12-13-29-21(2,3)15-27)22-11-10-17-6-8-18(28-5)9-7-17;/h6-9H,10-15H2,1-5H3,(H,22,23);1H. The fourth-order valence-corrected chi connectivity index (χ4v) is 4.42. The number of aryl methyl sites for hydroxylation is 1. The molecule has 1 N–H and O–H groups in total. The molecule has 1 fully saturated rings. The van der Waals surface area contributed by atoms with Crippen LogP contribution in [0.25, 0.3) is 0 Å². The Morgan fingerprint density at radius 2 is 2.00 bits per heavy atom. The molecular weight excluding hydrogens is 511 g/mol. The highest BCUT2D eigenvalue weighted by atomic mass is 127. The van der Waals surface area contributed by atoms with Crippen molar-refractivity contribution in [1.29, 1.82) is 0 Å². The summed E-state index contributed by atoms with van der Waals surface area (Å²) in [6, 6.07) is 8.23. The molecule has 0 radical (unpaired) electrons. The summed E-state index contributed by atoms with van der Waals surface area (Å²) in [6.07, 6.45) is 0.929. The van der Waals surface area contributed by atoms with Gasteiger partial charge in [0.15, 0.2) is 11.8 Å². The number of hydrogen-bond donors (Lipinski definition) is 1. The SMILES string of the molecule is COc1ccc(CCNC(=NCc2nnc(C)n2C)N2CCSC(C)(C)C2)cc1.I. The number of nitrogens with zero attached hydrogens (tertiary/aromatic N) is 5. The average Bonchev–Trinajstić information content (AvgIpc) is 3.02. The van der Waals surface area contributed by atoms with Crippen molar-refractivity contribution in [2.24, 2.45) is 12.0 Å². The van der Waals surface area contributed by atoms with Crippen molar-refractivity contribution >= 4 is 41.7 Å². The van der Waals surface area contributed by atoms with Gasteiger partial charge in [0.1, 0.15) is 18.1 Å². The molecule has 0 bridgehead atoms. The van der Waals surface area contributed by atoms with Crippen LogP contribution in [-0.4, -0.2) is 62.9 Å². The first kappa shape index (κ1) is 24.8. The molecule has 166 valence electrons. The van der Waals surface area contributed by atoms with Crippen molar-refractivity contribution in [2.75, 3.05) is 32.5 Å². The van der Waals surface area contributed by atoms with Crippen LogP contribution in [0.1, 0.15) is 31.1 Å². The second kappa shape index (κ2) is 11.2. The van der Waals surface area contributed by atoms with Crippen molar-refractivity contribution in [1.82, 2.24) is 25.0 Å². The van der Waals surface area contributed by atoms with Crippen LogP contribution in [-0.2, 0) is 20.0 Å². The maximum absolute atomic E-state index is 5.24. The molecule has 0 aliphatic carbocycles. The van der Waals surface area contributed by atoms with Crippen LogP contribution in [0.5, 0.6) is 5.75 Å². The van der Waals surface area contributed by atoms with E-state index in [1.165, 1.54) is 5.56 Å². The first-order valence-electron chi connectivity index (χ1n) is 10.0. The van der Waals surface area contributed by atoms with E-state index in [1.54, 1.807) is 7.11 Å². The van der Waals surface area contributed by atoms with E-state index in [0.717, 1.165) is 55.2 Å². The number of benzene rings is 1. The number of nitrogens with one attached hydrogen (secondary N) is 1. The molecule has 1 aromatic heterocycles. The number of halogens is 1. The van der Waals surface area contributed by atoms with Crippen molar-refractivity contribution in [3.05, 3.63) is 41.5 Å². The van der Waals surface area contributed by atoms with Crippen LogP contribution in [0.2, 0.25) is 0 Å². The van der Waals surface area contributed by atoms with Gasteiger partial charge in [0.25, 0.3) is 0 Å². The van der Waals surface area contributed by atoms with Crippen molar-refractivity contribution in [2.45, 2.75) is 38.5 Å². The maximum atomic E-state index is 5.24.